The number of hydrogen-bond acceptors (Lipinski definition) is 6. The van der Waals surface area contributed by atoms with Gasteiger partial charge in [-0.05, 0) is 50.2 Å². The van der Waals surface area contributed by atoms with Gasteiger partial charge in [0.2, 0.25) is 15.2 Å². The van der Waals surface area contributed by atoms with Crippen LogP contribution in [0.2, 0.25) is 0 Å². The lowest BCUT2D eigenvalue weighted by atomic mass is 10.1. The Kier molecular flexibility index (Phi) is 7.25. The summed E-state index contributed by atoms with van der Waals surface area (Å²) in [6.07, 6.45) is 1.28. The first kappa shape index (κ1) is 25.2. The molecule has 1 N–H and O–H groups in total. The average molecular weight is 510 g/mol. The summed E-state index contributed by atoms with van der Waals surface area (Å²) in [7, 11) is -4.27. The highest BCUT2D eigenvalue weighted by molar-refractivity contribution is 7.92. The molecule has 3 aromatic rings. The number of carbonyl (C=O) groups excluding carboxylic acids is 3. The molecule has 1 aromatic heterocycles. The van der Waals surface area contributed by atoms with Gasteiger partial charge >= 0.3 is 0 Å². The Morgan fingerprint density at radius 1 is 0.833 bits per heavy atom. The summed E-state index contributed by atoms with van der Waals surface area (Å²) in [5, 5.41) is 0.493. The maximum Gasteiger partial charge on any atom is 0.288 e. The van der Waals surface area contributed by atoms with E-state index in [-0.39, 0.29) is 42.7 Å². The molecule has 4 rings (SSSR count). The maximum absolute atomic E-state index is 13.5. The van der Waals surface area contributed by atoms with Crippen LogP contribution in [0.25, 0.3) is 0 Å². The van der Waals surface area contributed by atoms with Crippen LogP contribution in [-0.2, 0) is 14.6 Å². The summed E-state index contributed by atoms with van der Waals surface area (Å²) >= 11 is 0. The van der Waals surface area contributed by atoms with Crippen molar-refractivity contribution in [2.75, 3.05) is 26.2 Å². The van der Waals surface area contributed by atoms with Crippen LogP contribution in [0, 0.1) is 13.8 Å². The number of sulfone groups is 1. The van der Waals surface area contributed by atoms with E-state index in [0.29, 0.717) is 5.56 Å². The molecule has 1 aliphatic heterocycles. The fourth-order valence-electron chi connectivity index (χ4n) is 3.91. The standard InChI is InChI=1S/C26H27N3O6S/c1-18-5-9-20(10-6-18)25(31)28-13-15-29(16-14-28)26(32)24(27-23(30)22-4-3-17-35-22)36(33,34)21-11-7-19(2)8-12-21/h3-12,17,24H,13-16H2,1-2H3,(H,27,30)/t24-/m0/s1. The molecule has 2 aromatic carbocycles. The second-order valence-corrected chi connectivity index (χ2v) is 10.7. The molecule has 188 valence electrons. The third kappa shape index (κ3) is 5.33. The lowest BCUT2D eigenvalue weighted by Gasteiger charge is -2.36. The summed E-state index contributed by atoms with van der Waals surface area (Å²) in [6.45, 7) is 4.49. The van der Waals surface area contributed by atoms with E-state index in [1.807, 2.05) is 26.0 Å². The minimum atomic E-state index is -4.27. The number of piperazine rings is 1. The predicted molar refractivity (Wildman–Crippen MR) is 132 cm³/mol. The van der Waals surface area contributed by atoms with Crippen molar-refractivity contribution in [3.8, 4) is 0 Å². The number of nitrogens with zero attached hydrogens (tertiary/aromatic N) is 2. The van der Waals surface area contributed by atoms with Crippen LogP contribution < -0.4 is 5.32 Å². The molecule has 0 spiro atoms. The Morgan fingerprint density at radius 3 is 1.94 bits per heavy atom. The molecule has 1 atom stereocenters. The molecular formula is C26H27N3O6S. The molecule has 36 heavy (non-hydrogen) atoms. The van der Waals surface area contributed by atoms with E-state index in [1.165, 1.54) is 35.4 Å². The van der Waals surface area contributed by atoms with Gasteiger partial charge in [-0.3, -0.25) is 14.4 Å². The van der Waals surface area contributed by atoms with Crippen LogP contribution in [0.4, 0.5) is 0 Å². The Bertz CT molecular complexity index is 1340. The van der Waals surface area contributed by atoms with E-state index in [2.05, 4.69) is 5.32 Å². The number of hydrogen-bond donors (Lipinski definition) is 1. The van der Waals surface area contributed by atoms with Crippen molar-refractivity contribution in [1.82, 2.24) is 15.1 Å². The van der Waals surface area contributed by atoms with Gasteiger partial charge in [-0.2, -0.15) is 0 Å². The first-order valence-electron chi connectivity index (χ1n) is 11.5. The summed E-state index contributed by atoms with van der Waals surface area (Å²) in [5.41, 5.74) is 2.44. The van der Waals surface area contributed by atoms with Crippen LogP contribution in [0.1, 0.15) is 32.0 Å². The smallest absolute Gasteiger partial charge is 0.288 e. The van der Waals surface area contributed by atoms with Crippen LogP contribution in [0.5, 0.6) is 0 Å². The molecule has 2 heterocycles. The van der Waals surface area contributed by atoms with Gasteiger partial charge in [0.05, 0.1) is 11.2 Å². The molecule has 0 saturated carbocycles. The molecule has 0 unspecified atom stereocenters. The lowest BCUT2D eigenvalue weighted by Crippen LogP contribution is -2.57. The van der Waals surface area contributed by atoms with Crippen molar-refractivity contribution in [3.63, 3.8) is 0 Å². The Hall–Kier alpha value is -3.92. The Morgan fingerprint density at radius 2 is 1.39 bits per heavy atom. The summed E-state index contributed by atoms with van der Waals surface area (Å²) in [4.78, 5) is 41.9. The normalized spacial score (nSPS) is 14.8. The highest BCUT2D eigenvalue weighted by Gasteiger charge is 2.40. The van der Waals surface area contributed by atoms with Crippen molar-refractivity contribution < 1.29 is 27.2 Å². The van der Waals surface area contributed by atoms with E-state index >= 15 is 0 Å². The summed E-state index contributed by atoms with van der Waals surface area (Å²) in [6, 6.07) is 16.1. The van der Waals surface area contributed by atoms with Gasteiger partial charge in [0.25, 0.3) is 17.7 Å². The van der Waals surface area contributed by atoms with Gasteiger partial charge in [-0.25, -0.2) is 8.42 Å². The molecule has 10 heteroatoms. The van der Waals surface area contributed by atoms with Gasteiger partial charge in [0.1, 0.15) is 0 Å². The van der Waals surface area contributed by atoms with Gasteiger partial charge in [-0.1, -0.05) is 35.4 Å². The predicted octanol–water partition coefficient (Wildman–Crippen LogP) is 2.41. The second-order valence-electron chi connectivity index (χ2n) is 8.67. The monoisotopic (exact) mass is 509 g/mol. The zero-order valence-corrected chi connectivity index (χ0v) is 20.8. The fourth-order valence-corrected chi connectivity index (χ4v) is 5.37. The molecule has 1 fully saturated rings. The topological polar surface area (TPSA) is 117 Å². The van der Waals surface area contributed by atoms with E-state index in [4.69, 9.17) is 4.42 Å². The lowest BCUT2D eigenvalue weighted by molar-refractivity contribution is -0.132. The largest absolute Gasteiger partial charge is 0.459 e. The number of nitrogens with one attached hydrogen (secondary N) is 1. The summed E-state index contributed by atoms with van der Waals surface area (Å²) < 4.78 is 32.0. The average Bonchev–Trinajstić information content (AvgIpc) is 3.42. The van der Waals surface area contributed by atoms with E-state index in [9.17, 15) is 22.8 Å². The first-order chi connectivity index (χ1) is 17.2. The molecule has 0 bridgehead atoms. The number of aryl methyl sites for hydroxylation is 2. The molecule has 1 aliphatic rings. The third-order valence-corrected chi connectivity index (χ3v) is 7.94. The van der Waals surface area contributed by atoms with Crippen molar-refractivity contribution >= 4 is 27.6 Å². The highest BCUT2D eigenvalue weighted by Crippen LogP contribution is 2.19. The van der Waals surface area contributed by atoms with Crippen LogP contribution >= 0.6 is 0 Å². The fraction of sp³-hybridized carbons (Fsp3) is 0.269. The van der Waals surface area contributed by atoms with Crippen molar-refractivity contribution in [2.45, 2.75) is 24.1 Å². The molecule has 9 nitrogen and oxygen atoms in total. The molecule has 0 radical (unpaired) electrons. The zero-order valence-electron chi connectivity index (χ0n) is 20.0. The quantitative estimate of drug-likeness (QED) is 0.546. The number of benzene rings is 2. The van der Waals surface area contributed by atoms with Crippen molar-refractivity contribution in [2.24, 2.45) is 0 Å². The van der Waals surface area contributed by atoms with Crippen LogP contribution in [-0.4, -0.2) is 67.5 Å². The van der Waals surface area contributed by atoms with Gasteiger partial charge in [-0.15, -0.1) is 0 Å². The highest BCUT2D eigenvalue weighted by atomic mass is 32.2. The minimum absolute atomic E-state index is 0.0839. The van der Waals surface area contributed by atoms with Crippen molar-refractivity contribution in [1.29, 1.82) is 0 Å². The van der Waals surface area contributed by atoms with E-state index in [1.54, 1.807) is 29.2 Å². The number of carbonyl (C=O) groups is 3. The molecule has 0 aliphatic carbocycles. The SMILES string of the molecule is Cc1ccc(C(=O)N2CCN(C(=O)[C@@H](NC(=O)c3ccco3)S(=O)(=O)c3ccc(C)cc3)CC2)cc1. The molecule has 3 amide bonds. The maximum atomic E-state index is 13.5. The number of furan rings is 1. The minimum Gasteiger partial charge on any atom is -0.459 e. The van der Waals surface area contributed by atoms with E-state index < -0.39 is 27.0 Å². The second kappa shape index (κ2) is 10.4. The third-order valence-electron chi connectivity index (χ3n) is 6.07. The van der Waals surface area contributed by atoms with Crippen molar-refractivity contribution in [3.05, 3.63) is 89.4 Å². The van der Waals surface area contributed by atoms with Gasteiger partial charge < -0.3 is 19.5 Å². The van der Waals surface area contributed by atoms with Crippen LogP contribution in [0.3, 0.4) is 0 Å². The van der Waals surface area contributed by atoms with Gasteiger partial charge in [0.15, 0.2) is 5.76 Å². The first-order valence-corrected chi connectivity index (χ1v) is 13.0. The molecular weight excluding hydrogens is 482 g/mol. The molecule has 1 saturated heterocycles. The van der Waals surface area contributed by atoms with E-state index in [0.717, 1.165) is 11.1 Å². The zero-order chi connectivity index (χ0) is 25.9. The Balaban J connectivity index is 1.53. The Labute approximate surface area is 209 Å². The van der Waals surface area contributed by atoms with Crippen LogP contribution in [0.15, 0.2) is 76.2 Å². The number of amides is 3. The number of rotatable bonds is 6. The summed E-state index contributed by atoms with van der Waals surface area (Å²) in [5.74, 6) is -1.85. The van der Waals surface area contributed by atoms with Gasteiger partial charge in [0, 0.05) is 31.7 Å².